The lowest BCUT2D eigenvalue weighted by Gasteiger charge is -2.13. The van der Waals surface area contributed by atoms with Crippen LogP contribution in [0.4, 0.5) is 11.4 Å². The lowest BCUT2D eigenvalue weighted by molar-refractivity contribution is -0.383. The maximum absolute atomic E-state index is 12.3. The van der Waals surface area contributed by atoms with E-state index in [-0.39, 0.29) is 28.9 Å². The van der Waals surface area contributed by atoms with Crippen LogP contribution in [-0.4, -0.2) is 26.9 Å². The van der Waals surface area contributed by atoms with Crippen molar-refractivity contribution in [3.8, 4) is 0 Å². The van der Waals surface area contributed by atoms with Crippen molar-refractivity contribution in [1.82, 2.24) is 14.9 Å². The molecule has 8 nitrogen and oxygen atoms in total. The number of hydrogen-bond acceptors (Lipinski definition) is 5. The number of imidazole rings is 1. The first-order chi connectivity index (χ1) is 12.9. The lowest BCUT2D eigenvalue weighted by atomic mass is 10.1. The molecule has 27 heavy (non-hydrogen) atoms. The topological polar surface area (TPSA) is 116 Å². The van der Waals surface area contributed by atoms with Gasteiger partial charge in [-0.05, 0) is 38.1 Å². The lowest BCUT2D eigenvalue weighted by Crippen LogP contribution is -2.26. The normalized spacial score (nSPS) is 11.1. The number of nitrogen functional groups attached to an aromatic ring is 1. The van der Waals surface area contributed by atoms with Gasteiger partial charge in [-0.25, -0.2) is 4.98 Å². The van der Waals surface area contributed by atoms with Gasteiger partial charge in [0.2, 0.25) is 0 Å². The molecule has 1 amide bonds. The van der Waals surface area contributed by atoms with Gasteiger partial charge in [-0.1, -0.05) is 12.1 Å². The van der Waals surface area contributed by atoms with Gasteiger partial charge in [0.15, 0.2) is 0 Å². The van der Waals surface area contributed by atoms with Gasteiger partial charge in [-0.3, -0.25) is 14.9 Å². The van der Waals surface area contributed by atoms with Gasteiger partial charge < -0.3 is 15.6 Å². The number of amides is 1. The van der Waals surface area contributed by atoms with E-state index < -0.39 is 4.92 Å². The van der Waals surface area contributed by atoms with Crippen LogP contribution in [-0.2, 0) is 6.42 Å². The standard InChI is InChI=1S/C19H21N5O3/c1-12(2)23-16-6-4-3-5-15(16)22-18(23)9-10-21-19(25)13-7-8-14(20)17(11-13)24(26)27/h3-8,11-12H,9-10,20H2,1-2H3,(H,21,25). The van der Waals surface area contributed by atoms with Crippen molar-refractivity contribution in [3.05, 3.63) is 64.0 Å². The third-order valence-corrected chi connectivity index (χ3v) is 4.31. The first-order valence-corrected chi connectivity index (χ1v) is 8.66. The molecule has 0 fully saturated rings. The van der Waals surface area contributed by atoms with Gasteiger partial charge in [0.05, 0.1) is 16.0 Å². The van der Waals surface area contributed by atoms with Gasteiger partial charge >= 0.3 is 0 Å². The van der Waals surface area contributed by atoms with Crippen molar-refractivity contribution >= 4 is 28.3 Å². The fourth-order valence-electron chi connectivity index (χ4n) is 3.08. The second kappa shape index (κ2) is 7.45. The number of benzene rings is 2. The molecule has 1 aromatic heterocycles. The zero-order valence-corrected chi connectivity index (χ0v) is 15.2. The number of carbonyl (C=O) groups is 1. The van der Waals surface area contributed by atoms with Gasteiger partial charge in [0.1, 0.15) is 11.5 Å². The molecule has 0 aliphatic carbocycles. The van der Waals surface area contributed by atoms with E-state index in [1.54, 1.807) is 0 Å². The van der Waals surface area contributed by atoms with E-state index in [0.29, 0.717) is 13.0 Å². The van der Waals surface area contributed by atoms with Crippen LogP contribution in [0.15, 0.2) is 42.5 Å². The number of carbonyl (C=O) groups excluding carboxylic acids is 1. The summed E-state index contributed by atoms with van der Waals surface area (Å²) in [6.45, 7) is 4.54. The Hall–Kier alpha value is -3.42. The average Bonchev–Trinajstić information content (AvgIpc) is 3.00. The van der Waals surface area contributed by atoms with Crippen LogP contribution >= 0.6 is 0 Å². The Bertz CT molecular complexity index is 1010. The Kier molecular flexibility index (Phi) is 5.07. The third-order valence-electron chi connectivity index (χ3n) is 4.31. The summed E-state index contributed by atoms with van der Waals surface area (Å²) in [4.78, 5) is 27.3. The van der Waals surface area contributed by atoms with Crippen LogP contribution in [0.25, 0.3) is 11.0 Å². The van der Waals surface area contributed by atoms with Crippen molar-refractivity contribution in [3.63, 3.8) is 0 Å². The number of hydrogen-bond donors (Lipinski definition) is 2. The second-order valence-corrected chi connectivity index (χ2v) is 6.52. The number of nitrogens with zero attached hydrogens (tertiary/aromatic N) is 3. The van der Waals surface area contributed by atoms with E-state index in [0.717, 1.165) is 16.9 Å². The van der Waals surface area contributed by atoms with E-state index in [1.165, 1.54) is 18.2 Å². The highest BCUT2D eigenvalue weighted by atomic mass is 16.6. The molecule has 0 saturated carbocycles. The summed E-state index contributed by atoms with van der Waals surface area (Å²) >= 11 is 0. The maximum atomic E-state index is 12.3. The van der Waals surface area contributed by atoms with Crippen LogP contribution < -0.4 is 11.1 Å². The number of anilines is 1. The molecule has 0 spiro atoms. The number of aromatic nitrogens is 2. The van der Waals surface area contributed by atoms with E-state index in [4.69, 9.17) is 5.73 Å². The van der Waals surface area contributed by atoms with Crippen molar-refractivity contribution in [2.45, 2.75) is 26.3 Å². The minimum atomic E-state index is -0.600. The summed E-state index contributed by atoms with van der Waals surface area (Å²) in [6, 6.07) is 12.2. The van der Waals surface area contributed by atoms with E-state index in [9.17, 15) is 14.9 Å². The number of nitro benzene ring substituents is 1. The molecule has 0 unspecified atom stereocenters. The van der Waals surface area contributed by atoms with Crippen LogP contribution in [0, 0.1) is 10.1 Å². The number of rotatable bonds is 6. The van der Waals surface area contributed by atoms with E-state index in [1.807, 2.05) is 24.3 Å². The molecule has 0 radical (unpaired) electrons. The monoisotopic (exact) mass is 367 g/mol. The van der Waals surface area contributed by atoms with Gasteiger partial charge in [0, 0.05) is 30.6 Å². The second-order valence-electron chi connectivity index (χ2n) is 6.52. The van der Waals surface area contributed by atoms with Crippen molar-refractivity contribution in [1.29, 1.82) is 0 Å². The number of para-hydroxylation sites is 2. The number of nitrogens with one attached hydrogen (secondary N) is 1. The molecule has 3 N–H and O–H groups in total. The Morgan fingerprint density at radius 3 is 2.74 bits per heavy atom. The summed E-state index contributed by atoms with van der Waals surface area (Å²) < 4.78 is 2.15. The van der Waals surface area contributed by atoms with Crippen LogP contribution in [0.1, 0.15) is 36.1 Å². The largest absolute Gasteiger partial charge is 0.393 e. The molecule has 1 heterocycles. The maximum Gasteiger partial charge on any atom is 0.292 e. The molecule has 0 atom stereocenters. The van der Waals surface area contributed by atoms with Gasteiger partial charge in [-0.15, -0.1) is 0 Å². The van der Waals surface area contributed by atoms with Crippen molar-refractivity contribution in [2.24, 2.45) is 0 Å². The van der Waals surface area contributed by atoms with Gasteiger partial charge in [0.25, 0.3) is 11.6 Å². The molecular formula is C19H21N5O3. The number of nitro groups is 1. The van der Waals surface area contributed by atoms with Crippen LogP contribution in [0.5, 0.6) is 0 Å². The molecule has 0 saturated heterocycles. The summed E-state index contributed by atoms with van der Waals surface area (Å²) in [5, 5.41) is 13.8. The SMILES string of the molecule is CC(C)n1c(CCNC(=O)c2ccc(N)c([N+](=O)[O-])c2)nc2ccccc21. The summed E-state index contributed by atoms with van der Waals surface area (Å²) in [5.74, 6) is 0.500. The molecular weight excluding hydrogens is 346 g/mol. The fraction of sp³-hybridized carbons (Fsp3) is 0.263. The Labute approximate surface area is 156 Å². The first kappa shape index (κ1) is 18.4. The molecule has 3 aromatic rings. The number of fused-ring (bicyclic) bond motifs is 1. The molecule has 0 bridgehead atoms. The van der Waals surface area contributed by atoms with Crippen molar-refractivity contribution < 1.29 is 9.72 Å². The number of nitrogens with two attached hydrogens (primary N) is 1. The summed E-state index contributed by atoms with van der Waals surface area (Å²) in [7, 11) is 0. The summed E-state index contributed by atoms with van der Waals surface area (Å²) in [5.41, 5.74) is 7.50. The van der Waals surface area contributed by atoms with Gasteiger partial charge in [-0.2, -0.15) is 0 Å². The predicted octanol–water partition coefficient (Wildman–Crippen LogP) is 3.08. The zero-order chi connectivity index (χ0) is 19.6. The molecule has 3 rings (SSSR count). The predicted molar refractivity (Wildman–Crippen MR) is 104 cm³/mol. The Morgan fingerprint density at radius 2 is 2.04 bits per heavy atom. The minimum Gasteiger partial charge on any atom is -0.393 e. The quantitative estimate of drug-likeness (QED) is 0.394. The highest BCUT2D eigenvalue weighted by Crippen LogP contribution is 2.23. The highest BCUT2D eigenvalue weighted by molar-refractivity contribution is 5.95. The zero-order valence-electron chi connectivity index (χ0n) is 15.2. The van der Waals surface area contributed by atoms with Crippen LogP contribution in [0.3, 0.4) is 0 Å². The first-order valence-electron chi connectivity index (χ1n) is 8.66. The minimum absolute atomic E-state index is 0.0298. The Morgan fingerprint density at radius 1 is 1.30 bits per heavy atom. The average molecular weight is 367 g/mol. The summed E-state index contributed by atoms with van der Waals surface area (Å²) in [6.07, 6.45) is 0.551. The molecule has 140 valence electrons. The fourth-order valence-corrected chi connectivity index (χ4v) is 3.08. The molecule has 2 aromatic carbocycles. The van der Waals surface area contributed by atoms with E-state index in [2.05, 4.69) is 28.7 Å². The Balaban J connectivity index is 1.72. The third kappa shape index (κ3) is 3.74. The molecule has 0 aliphatic rings. The smallest absolute Gasteiger partial charge is 0.292 e. The van der Waals surface area contributed by atoms with Crippen LogP contribution in [0.2, 0.25) is 0 Å². The molecule has 8 heteroatoms. The van der Waals surface area contributed by atoms with Crippen molar-refractivity contribution in [2.75, 3.05) is 12.3 Å². The molecule has 0 aliphatic heterocycles. The van der Waals surface area contributed by atoms with E-state index >= 15 is 0 Å². The highest BCUT2D eigenvalue weighted by Gasteiger charge is 2.16.